The summed E-state index contributed by atoms with van der Waals surface area (Å²) < 4.78 is 15.6. The van der Waals surface area contributed by atoms with Crippen LogP contribution in [0.1, 0.15) is 41.6 Å². The van der Waals surface area contributed by atoms with Gasteiger partial charge in [-0.25, -0.2) is 0 Å². The van der Waals surface area contributed by atoms with Crippen molar-refractivity contribution < 1.29 is 4.57 Å². The van der Waals surface area contributed by atoms with Gasteiger partial charge in [0.25, 0.3) is 0 Å². The third-order valence-electron chi connectivity index (χ3n) is 7.43. The first-order valence-electron chi connectivity index (χ1n) is 12.2. The Morgan fingerprint density at radius 3 is 1.94 bits per heavy atom. The summed E-state index contributed by atoms with van der Waals surface area (Å²) in [5.41, 5.74) is 3.72. The van der Waals surface area contributed by atoms with Crippen molar-refractivity contribution >= 4 is 12.4 Å². The normalized spacial score (nSPS) is 24.2. The van der Waals surface area contributed by atoms with Crippen LogP contribution in [0.15, 0.2) is 121 Å². The lowest BCUT2D eigenvalue weighted by molar-refractivity contribution is 0.478. The molecule has 0 radical (unpaired) electrons. The van der Waals surface area contributed by atoms with Gasteiger partial charge in [0.15, 0.2) is 0 Å². The molecule has 0 amide bonds. The van der Waals surface area contributed by atoms with Crippen LogP contribution in [0.2, 0.25) is 0 Å². The summed E-state index contributed by atoms with van der Waals surface area (Å²) in [6, 6.07) is 42.0. The lowest BCUT2D eigenvalue weighted by Crippen LogP contribution is -2.32. The molecule has 34 heavy (non-hydrogen) atoms. The van der Waals surface area contributed by atoms with E-state index in [0.717, 1.165) is 37.7 Å². The first-order valence-corrected chi connectivity index (χ1v) is 14.0. The zero-order valence-electron chi connectivity index (χ0n) is 19.5. The average molecular weight is 466 g/mol. The second kappa shape index (κ2) is 10.1. The minimum Gasteiger partial charge on any atom is -0.317 e. The summed E-state index contributed by atoms with van der Waals surface area (Å²) in [6.45, 7) is 1.64. The van der Waals surface area contributed by atoms with Gasteiger partial charge in [-0.1, -0.05) is 121 Å². The van der Waals surface area contributed by atoms with Crippen LogP contribution in [-0.4, -0.2) is 6.54 Å². The molecule has 172 valence electrons. The lowest BCUT2D eigenvalue weighted by atomic mass is 9.89. The standard InChI is InChI=1S/C31H32NOP/c33-34(29-19-11-4-12-20-29)30(27-15-7-2-8-16-27)21-22-31(34,28-17-9-3-10-18-28)23-24-32-25-26-13-5-1-6-14-26/h1-20,30,32H,21-25H2/t30-,31-,34-/m0/s1. The van der Waals surface area contributed by atoms with Gasteiger partial charge >= 0.3 is 0 Å². The molecule has 0 bridgehead atoms. The van der Waals surface area contributed by atoms with E-state index < -0.39 is 7.14 Å². The van der Waals surface area contributed by atoms with E-state index in [2.05, 4.69) is 96.3 Å². The zero-order valence-corrected chi connectivity index (χ0v) is 20.4. The summed E-state index contributed by atoms with van der Waals surface area (Å²) in [4.78, 5) is 0. The fourth-order valence-electron chi connectivity index (χ4n) is 5.79. The van der Waals surface area contributed by atoms with E-state index in [1.165, 1.54) is 16.7 Å². The molecule has 5 rings (SSSR count). The molecule has 3 heteroatoms. The van der Waals surface area contributed by atoms with Crippen LogP contribution < -0.4 is 10.6 Å². The number of rotatable bonds is 8. The van der Waals surface area contributed by atoms with Crippen molar-refractivity contribution in [3.05, 3.63) is 138 Å². The summed E-state index contributed by atoms with van der Waals surface area (Å²) in [5, 5.41) is 4.26. The van der Waals surface area contributed by atoms with Crippen LogP contribution in [-0.2, 0) is 16.3 Å². The van der Waals surface area contributed by atoms with Crippen LogP contribution in [0.4, 0.5) is 0 Å². The van der Waals surface area contributed by atoms with Crippen molar-refractivity contribution in [2.24, 2.45) is 0 Å². The Labute approximate surface area is 203 Å². The van der Waals surface area contributed by atoms with E-state index in [1.54, 1.807) is 0 Å². The minimum atomic E-state index is -2.87. The topological polar surface area (TPSA) is 29.1 Å². The molecule has 0 aliphatic carbocycles. The first kappa shape index (κ1) is 22.8. The molecule has 2 nitrogen and oxygen atoms in total. The third-order valence-corrected chi connectivity index (χ3v) is 11.9. The number of nitrogens with one attached hydrogen (secondary N) is 1. The lowest BCUT2D eigenvalue weighted by Gasteiger charge is -2.39. The molecule has 1 heterocycles. The van der Waals surface area contributed by atoms with Crippen LogP contribution in [0.5, 0.6) is 0 Å². The van der Waals surface area contributed by atoms with Crippen LogP contribution in [0.3, 0.4) is 0 Å². The van der Waals surface area contributed by atoms with Crippen molar-refractivity contribution in [1.29, 1.82) is 0 Å². The highest BCUT2D eigenvalue weighted by Gasteiger charge is 2.58. The van der Waals surface area contributed by atoms with Gasteiger partial charge in [-0.05, 0) is 42.5 Å². The number of hydrogen-bond donors (Lipinski definition) is 1. The molecule has 1 aliphatic rings. The van der Waals surface area contributed by atoms with Gasteiger partial charge in [0.2, 0.25) is 0 Å². The Kier molecular flexibility index (Phi) is 6.81. The Morgan fingerprint density at radius 2 is 1.29 bits per heavy atom. The predicted molar refractivity (Wildman–Crippen MR) is 143 cm³/mol. The molecule has 1 fully saturated rings. The second-order valence-corrected chi connectivity index (χ2v) is 12.6. The molecule has 4 aromatic rings. The Balaban J connectivity index is 1.55. The maximum Gasteiger partial charge on any atom is 0.132 e. The van der Waals surface area contributed by atoms with Crippen LogP contribution >= 0.6 is 7.14 Å². The van der Waals surface area contributed by atoms with Gasteiger partial charge < -0.3 is 9.88 Å². The van der Waals surface area contributed by atoms with E-state index in [-0.39, 0.29) is 10.8 Å². The molecule has 0 aromatic heterocycles. The van der Waals surface area contributed by atoms with Gasteiger partial charge in [-0.2, -0.15) is 0 Å². The van der Waals surface area contributed by atoms with Gasteiger partial charge in [-0.3, -0.25) is 0 Å². The fraction of sp³-hybridized carbons (Fsp3) is 0.226. The molecule has 0 saturated carbocycles. The summed E-state index contributed by atoms with van der Waals surface area (Å²) in [7, 11) is -2.87. The first-order chi connectivity index (χ1) is 16.7. The highest BCUT2D eigenvalue weighted by molar-refractivity contribution is 7.73. The predicted octanol–water partition coefficient (Wildman–Crippen LogP) is 7.29. The Morgan fingerprint density at radius 1 is 0.735 bits per heavy atom. The summed E-state index contributed by atoms with van der Waals surface area (Å²) in [5.74, 6) is 0. The van der Waals surface area contributed by atoms with E-state index in [0.29, 0.717) is 0 Å². The van der Waals surface area contributed by atoms with Crippen LogP contribution in [0, 0.1) is 0 Å². The summed E-state index contributed by atoms with van der Waals surface area (Å²) >= 11 is 0. The van der Waals surface area contributed by atoms with Gasteiger partial charge in [0, 0.05) is 17.5 Å². The maximum absolute atomic E-state index is 15.6. The van der Waals surface area contributed by atoms with E-state index in [9.17, 15) is 0 Å². The molecule has 0 spiro atoms. The van der Waals surface area contributed by atoms with Gasteiger partial charge in [0.1, 0.15) is 7.14 Å². The number of hydrogen-bond acceptors (Lipinski definition) is 2. The van der Waals surface area contributed by atoms with Crippen molar-refractivity contribution in [3.63, 3.8) is 0 Å². The van der Waals surface area contributed by atoms with E-state index in [1.807, 2.05) is 30.3 Å². The van der Waals surface area contributed by atoms with E-state index >= 15 is 4.57 Å². The number of benzene rings is 4. The smallest absolute Gasteiger partial charge is 0.132 e. The Bertz CT molecular complexity index is 1230. The molecule has 3 atom stereocenters. The molecule has 1 aliphatic heterocycles. The Hall–Kier alpha value is -2.93. The fourth-order valence-corrected chi connectivity index (χ4v) is 10.4. The van der Waals surface area contributed by atoms with Crippen molar-refractivity contribution in [1.82, 2.24) is 5.32 Å². The molecule has 0 unspecified atom stereocenters. The summed E-state index contributed by atoms with van der Waals surface area (Å²) in [6.07, 6.45) is 2.71. The largest absolute Gasteiger partial charge is 0.317 e. The monoisotopic (exact) mass is 465 g/mol. The molecule has 1 saturated heterocycles. The molecular weight excluding hydrogens is 433 g/mol. The zero-order chi connectivity index (χ0) is 23.3. The van der Waals surface area contributed by atoms with Crippen molar-refractivity contribution in [2.45, 2.75) is 36.6 Å². The highest BCUT2D eigenvalue weighted by atomic mass is 31.2. The maximum atomic E-state index is 15.6. The molecule has 4 aromatic carbocycles. The van der Waals surface area contributed by atoms with Gasteiger partial charge in [0.05, 0.1) is 5.16 Å². The average Bonchev–Trinajstić information content (AvgIpc) is 3.22. The SMILES string of the molecule is O=[P@@]1(c2ccccc2)[C@H](c2ccccc2)CC[C@]1(CCNCc1ccccc1)c1ccccc1. The quantitative estimate of drug-likeness (QED) is 0.219. The van der Waals surface area contributed by atoms with Crippen LogP contribution in [0.25, 0.3) is 0 Å². The highest BCUT2D eigenvalue weighted by Crippen LogP contribution is 2.79. The second-order valence-electron chi connectivity index (χ2n) is 9.27. The van der Waals surface area contributed by atoms with Gasteiger partial charge in [-0.15, -0.1) is 0 Å². The van der Waals surface area contributed by atoms with Crippen molar-refractivity contribution in [3.8, 4) is 0 Å². The van der Waals surface area contributed by atoms with E-state index in [4.69, 9.17) is 0 Å². The molecular formula is C31H32NOP. The third kappa shape index (κ3) is 4.17. The minimum absolute atomic E-state index is 0.0328. The molecule has 1 N–H and O–H groups in total. The van der Waals surface area contributed by atoms with Crippen molar-refractivity contribution in [2.75, 3.05) is 6.54 Å².